The van der Waals surface area contributed by atoms with Gasteiger partial charge in [-0.2, -0.15) is 0 Å². The van der Waals surface area contributed by atoms with Crippen LogP contribution in [0, 0.1) is 0 Å². The normalized spacial score (nSPS) is 12.8. The molecule has 0 N–H and O–H groups in total. The maximum absolute atomic E-state index is 2.48. The molecule has 0 amide bonds. The quantitative estimate of drug-likeness (QED) is 0.156. The fraction of sp³-hybridized carbons (Fsp3) is 1.00. The standard InChI is InChI=1S/C27H57N/c1-5-7-9-11-12-13-14-15-16-17-18-19-20-22-24-26-27(28(3)4)25-23-21-10-8-6-2/h27H,5-26H2,1-4H3. The van der Waals surface area contributed by atoms with Crippen LogP contribution in [0.1, 0.15) is 155 Å². The van der Waals surface area contributed by atoms with E-state index in [2.05, 4.69) is 32.8 Å². The first-order chi connectivity index (χ1) is 13.7. The SMILES string of the molecule is CCCCCCCCCCCCCCCCCC(CCCCCCC)N(C)C. The summed E-state index contributed by atoms with van der Waals surface area (Å²) in [5.74, 6) is 0. The van der Waals surface area contributed by atoms with E-state index >= 15 is 0 Å². The molecule has 0 spiro atoms. The van der Waals surface area contributed by atoms with Crippen molar-refractivity contribution in [2.24, 2.45) is 0 Å². The first kappa shape index (κ1) is 28.0. The Balaban J connectivity index is 3.33. The molecule has 1 atom stereocenters. The molecule has 0 radical (unpaired) electrons. The lowest BCUT2D eigenvalue weighted by atomic mass is 9.99. The van der Waals surface area contributed by atoms with Gasteiger partial charge in [0.1, 0.15) is 0 Å². The maximum atomic E-state index is 2.48. The highest BCUT2D eigenvalue weighted by Crippen LogP contribution is 2.17. The second-order valence-electron chi connectivity index (χ2n) is 9.56. The molecule has 0 heterocycles. The van der Waals surface area contributed by atoms with Gasteiger partial charge in [0.25, 0.3) is 0 Å². The van der Waals surface area contributed by atoms with Gasteiger partial charge in [0.15, 0.2) is 0 Å². The van der Waals surface area contributed by atoms with Gasteiger partial charge in [-0.05, 0) is 26.9 Å². The Morgan fingerprint density at radius 2 is 0.643 bits per heavy atom. The average molecular weight is 396 g/mol. The van der Waals surface area contributed by atoms with Gasteiger partial charge in [-0.25, -0.2) is 0 Å². The third-order valence-corrected chi connectivity index (χ3v) is 6.51. The maximum Gasteiger partial charge on any atom is 0.00891 e. The molecule has 0 aliphatic carbocycles. The van der Waals surface area contributed by atoms with Crippen molar-refractivity contribution in [3.05, 3.63) is 0 Å². The molecule has 0 saturated carbocycles. The summed E-state index contributed by atoms with van der Waals surface area (Å²) in [6.07, 6.45) is 31.9. The van der Waals surface area contributed by atoms with Gasteiger partial charge in [-0.1, -0.05) is 142 Å². The minimum Gasteiger partial charge on any atom is -0.306 e. The van der Waals surface area contributed by atoms with Crippen molar-refractivity contribution in [3.8, 4) is 0 Å². The molecule has 170 valence electrons. The Bertz CT molecular complexity index is 273. The van der Waals surface area contributed by atoms with Gasteiger partial charge < -0.3 is 4.90 Å². The Hall–Kier alpha value is -0.0400. The minimum absolute atomic E-state index is 0.823. The molecule has 0 saturated heterocycles. The summed E-state index contributed by atoms with van der Waals surface area (Å²) in [5.41, 5.74) is 0. The van der Waals surface area contributed by atoms with Crippen molar-refractivity contribution >= 4 is 0 Å². The molecule has 0 aromatic carbocycles. The summed E-state index contributed by atoms with van der Waals surface area (Å²) in [6.45, 7) is 4.61. The van der Waals surface area contributed by atoms with Gasteiger partial charge in [0, 0.05) is 6.04 Å². The largest absolute Gasteiger partial charge is 0.306 e. The molecule has 1 heteroatoms. The summed E-state index contributed by atoms with van der Waals surface area (Å²) in [6, 6.07) is 0.823. The second kappa shape index (κ2) is 23.2. The molecule has 0 aliphatic rings. The van der Waals surface area contributed by atoms with E-state index in [1.54, 1.807) is 0 Å². The molecule has 28 heavy (non-hydrogen) atoms. The molecule has 0 bridgehead atoms. The molecular weight excluding hydrogens is 338 g/mol. The van der Waals surface area contributed by atoms with E-state index in [-0.39, 0.29) is 0 Å². The average Bonchev–Trinajstić information content (AvgIpc) is 2.68. The van der Waals surface area contributed by atoms with Gasteiger partial charge >= 0.3 is 0 Å². The van der Waals surface area contributed by atoms with Crippen LogP contribution in [-0.2, 0) is 0 Å². The zero-order chi connectivity index (χ0) is 20.7. The molecular formula is C27H57N. The summed E-state index contributed by atoms with van der Waals surface area (Å²) in [4.78, 5) is 2.48. The zero-order valence-corrected chi connectivity index (χ0v) is 20.6. The monoisotopic (exact) mass is 395 g/mol. The van der Waals surface area contributed by atoms with Crippen molar-refractivity contribution in [1.29, 1.82) is 0 Å². The first-order valence-electron chi connectivity index (χ1n) is 13.4. The van der Waals surface area contributed by atoms with Crippen LogP contribution >= 0.6 is 0 Å². The molecule has 0 fully saturated rings. The summed E-state index contributed by atoms with van der Waals surface area (Å²) in [5, 5.41) is 0. The van der Waals surface area contributed by atoms with Crippen LogP contribution in [0.15, 0.2) is 0 Å². The van der Waals surface area contributed by atoms with Gasteiger partial charge in [0.05, 0.1) is 0 Å². The highest BCUT2D eigenvalue weighted by molar-refractivity contribution is 4.66. The van der Waals surface area contributed by atoms with Crippen molar-refractivity contribution < 1.29 is 0 Å². The van der Waals surface area contributed by atoms with E-state index in [9.17, 15) is 0 Å². The lowest BCUT2D eigenvalue weighted by molar-refractivity contribution is 0.251. The summed E-state index contributed by atoms with van der Waals surface area (Å²) in [7, 11) is 4.56. The van der Waals surface area contributed by atoms with Gasteiger partial charge in [-0.15, -0.1) is 0 Å². The van der Waals surface area contributed by atoms with Crippen LogP contribution in [0.2, 0.25) is 0 Å². The fourth-order valence-corrected chi connectivity index (χ4v) is 4.40. The zero-order valence-electron chi connectivity index (χ0n) is 20.6. The van der Waals surface area contributed by atoms with Crippen molar-refractivity contribution in [3.63, 3.8) is 0 Å². The van der Waals surface area contributed by atoms with E-state index < -0.39 is 0 Å². The number of rotatable bonds is 23. The molecule has 0 aromatic rings. The second-order valence-corrected chi connectivity index (χ2v) is 9.56. The lowest BCUT2D eigenvalue weighted by Gasteiger charge is -2.24. The Morgan fingerprint density at radius 1 is 0.393 bits per heavy atom. The highest BCUT2D eigenvalue weighted by atomic mass is 15.1. The number of nitrogens with zero attached hydrogens (tertiary/aromatic N) is 1. The number of hydrogen-bond acceptors (Lipinski definition) is 1. The predicted molar refractivity (Wildman–Crippen MR) is 130 cm³/mol. The smallest absolute Gasteiger partial charge is 0.00891 e. The van der Waals surface area contributed by atoms with Gasteiger partial charge in [-0.3, -0.25) is 0 Å². The third-order valence-electron chi connectivity index (χ3n) is 6.51. The van der Waals surface area contributed by atoms with Crippen LogP contribution in [0.5, 0.6) is 0 Å². The lowest BCUT2D eigenvalue weighted by Crippen LogP contribution is -2.27. The third kappa shape index (κ3) is 20.7. The number of hydrogen-bond donors (Lipinski definition) is 0. The number of unbranched alkanes of at least 4 members (excludes halogenated alkanes) is 18. The van der Waals surface area contributed by atoms with Crippen LogP contribution in [-0.4, -0.2) is 25.0 Å². The Labute approximate surface area is 180 Å². The Morgan fingerprint density at radius 3 is 0.893 bits per heavy atom. The molecule has 1 unspecified atom stereocenters. The highest BCUT2D eigenvalue weighted by Gasteiger charge is 2.10. The summed E-state index contributed by atoms with van der Waals surface area (Å²) < 4.78 is 0. The van der Waals surface area contributed by atoms with Crippen LogP contribution in [0.4, 0.5) is 0 Å². The fourth-order valence-electron chi connectivity index (χ4n) is 4.40. The van der Waals surface area contributed by atoms with Crippen LogP contribution in [0.3, 0.4) is 0 Å². The molecule has 0 aliphatic heterocycles. The van der Waals surface area contributed by atoms with E-state index in [0.717, 1.165) is 6.04 Å². The van der Waals surface area contributed by atoms with E-state index in [1.165, 1.54) is 141 Å². The van der Waals surface area contributed by atoms with Crippen LogP contribution in [0.25, 0.3) is 0 Å². The van der Waals surface area contributed by atoms with Crippen molar-refractivity contribution in [2.75, 3.05) is 14.1 Å². The Kier molecular flexibility index (Phi) is 23.2. The van der Waals surface area contributed by atoms with Crippen LogP contribution < -0.4 is 0 Å². The molecule has 1 nitrogen and oxygen atoms in total. The van der Waals surface area contributed by atoms with Crippen molar-refractivity contribution in [1.82, 2.24) is 4.90 Å². The van der Waals surface area contributed by atoms with E-state index in [0.29, 0.717) is 0 Å². The topological polar surface area (TPSA) is 3.24 Å². The van der Waals surface area contributed by atoms with E-state index in [1.807, 2.05) is 0 Å². The minimum atomic E-state index is 0.823. The van der Waals surface area contributed by atoms with Crippen molar-refractivity contribution in [2.45, 2.75) is 161 Å². The predicted octanol–water partition coefficient (Wildman–Crippen LogP) is 9.54. The van der Waals surface area contributed by atoms with E-state index in [4.69, 9.17) is 0 Å². The molecule has 0 aromatic heterocycles. The molecule has 0 rings (SSSR count). The first-order valence-corrected chi connectivity index (χ1v) is 13.4. The summed E-state index contributed by atoms with van der Waals surface area (Å²) >= 11 is 0. The van der Waals surface area contributed by atoms with Gasteiger partial charge in [0.2, 0.25) is 0 Å².